The number of nitro groups is 2. The van der Waals surface area contributed by atoms with Crippen LogP contribution in [-0.4, -0.2) is 32.9 Å². The molecule has 2 N–H and O–H groups in total. The normalized spacial score (nSPS) is 10.2. The van der Waals surface area contributed by atoms with Crippen LogP contribution in [0.3, 0.4) is 0 Å². The Hall–Kier alpha value is -4.61. The van der Waals surface area contributed by atoms with Gasteiger partial charge in [-0.3, -0.25) is 20.2 Å². The fourth-order valence-corrected chi connectivity index (χ4v) is 2.51. The van der Waals surface area contributed by atoms with E-state index >= 15 is 0 Å². The summed E-state index contributed by atoms with van der Waals surface area (Å²) in [7, 11) is 1.26. The van der Waals surface area contributed by atoms with Crippen molar-refractivity contribution in [3.63, 3.8) is 0 Å². The number of non-ortho nitro benzene ring substituents is 1. The molecule has 1 heterocycles. The smallest absolute Gasteiger partial charge is 0.353 e. The minimum Gasteiger partial charge on any atom is -0.465 e. The molecule has 0 aliphatic heterocycles. The van der Waals surface area contributed by atoms with Gasteiger partial charge in [0.15, 0.2) is 0 Å². The molecule has 0 aliphatic carbocycles. The van der Waals surface area contributed by atoms with E-state index in [-0.39, 0.29) is 23.0 Å². The maximum atomic E-state index is 11.7. The lowest BCUT2D eigenvalue weighted by atomic mass is 10.2. The van der Waals surface area contributed by atoms with E-state index in [4.69, 9.17) is 0 Å². The molecule has 30 heavy (non-hydrogen) atoms. The average Bonchev–Trinajstić information content (AvgIpc) is 2.74. The SMILES string of the molecule is COC(=O)c1ccc(Nc2ncnc(Nc3cccc([N+](=O)[O-])c3)c2[N+](=O)[O-])cc1. The Labute approximate surface area is 168 Å². The van der Waals surface area contributed by atoms with Gasteiger partial charge in [-0.25, -0.2) is 14.8 Å². The van der Waals surface area contributed by atoms with E-state index < -0.39 is 21.5 Å². The Morgan fingerprint density at radius 1 is 0.933 bits per heavy atom. The predicted octanol–water partition coefficient (Wildman–Crippen LogP) is 3.57. The number of anilines is 4. The standard InChI is InChI=1S/C18H14N6O6/c1-30-18(25)11-5-7-12(8-6-11)21-16-15(24(28)29)17(20-10-19-16)22-13-3-2-4-14(9-13)23(26)27/h2-10H,1H3,(H2,19,20,21,22). The number of nitrogens with one attached hydrogen (secondary N) is 2. The summed E-state index contributed by atoms with van der Waals surface area (Å²) in [5.41, 5.74) is 0.361. The Kier molecular flexibility index (Phi) is 5.77. The summed E-state index contributed by atoms with van der Waals surface area (Å²) in [5, 5.41) is 28.1. The van der Waals surface area contributed by atoms with Crippen molar-refractivity contribution in [1.29, 1.82) is 0 Å². The molecule has 0 saturated heterocycles. The van der Waals surface area contributed by atoms with E-state index in [0.717, 1.165) is 6.33 Å². The van der Waals surface area contributed by atoms with Gasteiger partial charge in [-0.15, -0.1) is 0 Å². The number of carbonyl (C=O) groups excluding carboxylic acids is 1. The van der Waals surface area contributed by atoms with Gasteiger partial charge in [0, 0.05) is 23.5 Å². The molecule has 1 aromatic heterocycles. The van der Waals surface area contributed by atoms with Crippen LogP contribution in [0.25, 0.3) is 0 Å². The Balaban J connectivity index is 1.91. The molecular formula is C18H14N6O6. The van der Waals surface area contributed by atoms with Crippen molar-refractivity contribution in [2.24, 2.45) is 0 Å². The minimum absolute atomic E-state index is 0.103. The van der Waals surface area contributed by atoms with Crippen molar-refractivity contribution >= 4 is 40.4 Å². The first-order valence-electron chi connectivity index (χ1n) is 8.35. The first kappa shape index (κ1) is 20.1. The number of aromatic nitrogens is 2. The topological polar surface area (TPSA) is 162 Å². The number of hydrogen-bond donors (Lipinski definition) is 2. The largest absolute Gasteiger partial charge is 0.465 e. The van der Waals surface area contributed by atoms with Gasteiger partial charge >= 0.3 is 11.7 Å². The summed E-state index contributed by atoms with van der Waals surface area (Å²) >= 11 is 0. The maximum absolute atomic E-state index is 11.7. The van der Waals surface area contributed by atoms with Gasteiger partial charge < -0.3 is 15.4 Å². The fourth-order valence-electron chi connectivity index (χ4n) is 2.51. The van der Waals surface area contributed by atoms with Crippen LogP contribution < -0.4 is 10.6 Å². The molecule has 0 unspecified atom stereocenters. The average molecular weight is 410 g/mol. The fraction of sp³-hybridized carbons (Fsp3) is 0.0556. The molecule has 0 fully saturated rings. The van der Waals surface area contributed by atoms with E-state index in [1.54, 1.807) is 0 Å². The zero-order valence-electron chi connectivity index (χ0n) is 15.4. The Morgan fingerprint density at radius 3 is 2.13 bits per heavy atom. The molecule has 0 aliphatic rings. The highest BCUT2D eigenvalue weighted by Gasteiger charge is 2.24. The molecule has 3 rings (SSSR count). The van der Waals surface area contributed by atoms with Crippen molar-refractivity contribution in [3.8, 4) is 0 Å². The molecular weight excluding hydrogens is 396 g/mol. The lowest BCUT2D eigenvalue weighted by Crippen LogP contribution is -2.06. The number of esters is 1. The number of ether oxygens (including phenoxy) is 1. The first-order valence-corrected chi connectivity index (χ1v) is 8.35. The molecule has 12 heteroatoms. The third-order valence-electron chi connectivity index (χ3n) is 3.89. The van der Waals surface area contributed by atoms with E-state index in [1.807, 2.05) is 0 Å². The van der Waals surface area contributed by atoms with Gasteiger partial charge in [-0.05, 0) is 30.3 Å². The van der Waals surface area contributed by atoms with Crippen LogP contribution in [-0.2, 0) is 4.74 Å². The summed E-state index contributed by atoms with van der Waals surface area (Å²) in [6.07, 6.45) is 1.11. The van der Waals surface area contributed by atoms with Crippen molar-refractivity contribution in [3.05, 3.63) is 80.7 Å². The number of nitro benzene ring substituents is 1. The molecule has 152 valence electrons. The van der Waals surface area contributed by atoms with Gasteiger partial charge in [-0.1, -0.05) is 6.07 Å². The van der Waals surface area contributed by atoms with Crippen molar-refractivity contribution < 1.29 is 19.4 Å². The van der Waals surface area contributed by atoms with Gasteiger partial charge in [-0.2, -0.15) is 0 Å². The summed E-state index contributed by atoms with van der Waals surface area (Å²) < 4.78 is 4.62. The lowest BCUT2D eigenvalue weighted by molar-refractivity contribution is -0.384. The molecule has 0 saturated carbocycles. The zero-order chi connectivity index (χ0) is 21.7. The number of hydrogen-bond acceptors (Lipinski definition) is 10. The number of methoxy groups -OCH3 is 1. The Bertz CT molecular complexity index is 1120. The summed E-state index contributed by atoms with van der Waals surface area (Å²) in [6.45, 7) is 0. The quantitative estimate of drug-likeness (QED) is 0.334. The van der Waals surface area contributed by atoms with Crippen LogP contribution >= 0.6 is 0 Å². The lowest BCUT2D eigenvalue weighted by Gasteiger charge is -2.10. The second kappa shape index (κ2) is 8.60. The van der Waals surface area contributed by atoms with Gasteiger partial charge in [0.25, 0.3) is 5.69 Å². The van der Waals surface area contributed by atoms with Crippen LogP contribution in [0.5, 0.6) is 0 Å². The van der Waals surface area contributed by atoms with Crippen LogP contribution in [0, 0.1) is 20.2 Å². The molecule has 12 nitrogen and oxygen atoms in total. The summed E-state index contributed by atoms with van der Waals surface area (Å²) in [4.78, 5) is 40.6. The van der Waals surface area contributed by atoms with Crippen LogP contribution in [0.4, 0.5) is 34.4 Å². The molecule has 0 amide bonds. The van der Waals surface area contributed by atoms with Gasteiger partial charge in [0.05, 0.1) is 22.5 Å². The van der Waals surface area contributed by atoms with Gasteiger partial charge in [0.2, 0.25) is 11.6 Å². The molecule has 3 aromatic rings. The second-order valence-corrected chi connectivity index (χ2v) is 5.80. The van der Waals surface area contributed by atoms with Crippen LogP contribution in [0.2, 0.25) is 0 Å². The van der Waals surface area contributed by atoms with E-state index in [1.165, 1.54) is 55.6 Å². The maximum Gasteiger partial charge on any atom is 0.353 e. The highest BCUT2D eigenvalue weighted by atomic mass is 16.6. The van der Waals surface area contributed by atoms with Crippen molar-refractivity contribution in [2.45, 2.75) is 0 Å². The van der Waals surface area contributed by atoms with Crippen LogP contribution in [0.15, 0.2) is 54.9 Å². The number of carbonyl (C=O) groups is 1. The van der Waals surface area contributed by atoms with E-state index in [9.17, 15) is 25.0 Å². The van der Waals surface area contributed by atoms with E-state index in [2.05, 4.69) is 25.3 Å². The summed E-state index contributed by atoms with van der Waals surface area (Å²) in [5.74, 6) is -0.768. The van der Waals surface area contributed by atoms with E-state index in [0.29, 0.717) is 11.3 Å². The molecule has 0 atom stereocenters. The highest BCUT2D eigenvalue weighted by Crippen LogP contribution is 2.33. The van der Waals surface area contributed by atoms with Crippen molar-refractivity contribution in [2.75, 3.05) is 17.7 Å². The third-order valence-corrected chi connectivity index (χ3v) is 3.89. The second-order valence-electron chi connectivity index (χ2n) is 5.80. The zero-order valence-corrected chi connectivity index (χ0v) is 15.4. The molecule has 0 radical (unpaired) electrons. The predicted molar refractivity (Wildman–Crippen MR) is 106 cm³/mol. The van der Waals surface area contributed by atoms with Crippen molar-refractivity contribution in [1.82, 2.24) is 9.97 Å². The first-order chi connectivity index (χ1) is 14.4. The Morgan fingerprint density at radius 2 is 1.57 bits per heavy atom. The summed E-state index contributed by atoms with van der Waals surface area (Å²) in [6, 6.07) is 11.5. The highest BCUT2D eigenvalue weighted by molar-refractivity contribution is 5.90. The van der Waals surface area contributed by atoms with Gasteiger partial charge in [0.1, 0.15) is 6.33 Å². The van der Waals surface area contributed by atoms with Crippen LogP contribution in [0.1, 0.15) is 10.4 Å². The number of rotatable bonds is 7. The number of nitrogens with zero attached hydrogens (tertiary/aromatic N) is 4. The number of benzene rings is 2. The molecule has 0 bridgehead atoms. The minimum atomic E-state index is -0.676. The monoisotopic (exact) mass is 410 g/mol. The molecule has 2 aromatic carbocycles. The molecule has 0 spiro atoms. The third kappa shape index (κ3) is 4.44.